The molecule has 1 aromatic rings. The maximum absolute atomic E-state index is 5.57. The van der Waals surface area contributed by atoms with Crippen molar-refractivity contribution in [3.05, 3.63) is 24.3 Å². The zero-order valence-electron chi connectivity index (χ0n) is 9.64. The molecule has 4 heteroatoms. The molecule has 0 bridgehead atoms. The van der Waals surface area contributed by atoms with Gasteiger partial charge >= 0.3 is 0 Å². The van der Waals surface area contributed by atoms with Crippen LogP contribution < -0.4 is 0 Å². The van der Waals surface area contributed by atoms with Gasteiger partial charge in [0, 0.05) is 18.4 Å². The number of hydrogen-bond acceptors (Lipinski definition) is 4. The summed E-state index contributed by atoms with van der Waals surface area (Å²) in [6, 6.07) is 1.94. The van der Waals surface area contributed by atoms with Crippen LogP contribution in [0.15, 0.2) is 23.5 Å². The van der Waals surface area contributed by atoms with E-state index in [0.29, 0.717) is 11.7 Å². The van der Waals surface area contributed by atoms with Crippen molar-refractivity contribution < 1.29 is 4.74 Å². The summed E-state index contributed by atoms with van der Waals surface area (Å²) < 4.78 is 5.57. The summed E-state index contributed by atoms with van der Waals surface area (Å²) in [6.07, 6.45) is 3.44. The first-order valence-electron chi connectivity index (χ1n) is 5.11. The summed E-state index contributed by atoms with van der Waals surface area (Å²) in [7, 11) is 0. The molecule has 0 saturated heterocycles. The summed E-state index contributed by atoms with van der Waals surface area (Å²) >= 11 is 0. The number of ether oxygens (including phenoxy) is 1. The highest BCUT2D eigenvalue weighted by molar-refractivity contribution is 5.90. The molecule has 0 N–H and O–H groups in total. The molecule has 15 heavy (non-hydrogen) atoms. The lowest BCUT2D eigenvalue weighted by atomic mass is 10.4. The van der Waals surface area contributed by atoms with E-state index in [1.807, 2.05) is 27.7 Å². The molecule has 0 radical (unpaired) electrons. The number of rotatable bonds is 3. The Bertz CT molecular complexity index is 320. The molecule has 0 saturated carbocycles. The number of aliphatic imine (C=N–C) groups is 1. The van der Waals surface area contributed by atoms with Crippen molar-refractivity contribution in [3.8, 4) is 0 Å². The van der Waals surface area contributed by atoms with E-state index in [9.17, 15) is 0 Å². The summed E-state index contributed by atoms with van der Waals surface area (Å²) in [5.74, 6) is 1.06. The molecule has 0 unspecified atom stereocenters. The molecule has 0 aromatic carbocycles. The molecule has 1 rings (SSSR count). The van der Waals surface area contributed by atoms with E-state index >= 15 is 0 Å². The zero-order valence-corrected chi connectivity index (χ0v) is 9.64. The van der Waals surface area contributed by atoms with Crippen molar-refractivity contribution in [2.75, 3.05) is 0 Å². The van der Waals surface area contributed by atoms with Gasteiger partial charge in [0.2, 0.25) is 5.82 Å². The van der Waals surface area contributed by atoms with E-state index in [4.69, 9.17) is 4.74 Å². The van der Waals surface area contributed by atoms with E-state index < -0.39 is 0 Å². The molecular formula is C11H17N3O. The molecular weight excluding hydrogens is 190 g/mol. The Hall–Kier alpha value is -1.45. The van der Waals surface area contributed by atoms with E-state index in [2.05, 4.69) is 15.0 Å². The minimum absolute atomic E-state index is 0.0753. The fourth-order valence-electron chi connectivity index (χ4n) is 1.01. The second-order valence-corrected chi connectivity index (χ2v) is 3.77. The summed E-state index contributed by atoms with van der Waals surface area (Å²) in [4.78, 5) is 12.6. The highest BCUT2D eigenvalue weighted by Gasteiger charge is 2.10. The second-order valence-electron chi connectivity index (χ2n) is 3.77. The molecule has 0 aliphatic rings. The topological polar surface area (TPSA) is 47.4 Å². The van der Waals surface area contributed by atoms with Crippen molar-refractivity contribution in [2.24, 2.45) is 4.99 Å². The lowest BCUT2D eigenvalue weighted by Gasteiger charge is -2.12. The predicted molar refractivity (Wildman–Crippen MR) is 59.9 cm³/mol. The molecule has 0 spiro atoms. The van der Waals surface area contributed by atoms with Crippen LogP contribution in [0.2, 0.25) is 0 Å². The van der Waals surface area contributed by atoms with Crippen LogP contribution in [0, 0.1) is 0 Å². The SMILES string of the molecule is CC(C)N=C(OC(C)C)c1ncccn1. The molecule has 82 valence electrons. The van der Waals surface area contributed by atoms with Gasteiger partial charge in [0.05, 0.1) is 6.10 Å². The van der Waals surface area contributed by atoms with E-state index in [1.54, 1.807) is 18.5 Å². The number of hydrogen-bond donors (Lipinski definition) is 0. The molecule has 0 aliphatic carbocycles. The van der Waals surface area contributed by atoms with Crippen LogP contribution >= 0.6 is 0 Å². The van der Waals surface area contributed by atoms with Gasteiger partial charge in [-0.15, -0.1) is 0 Å². The van der Waals surface area contributed by atoms with Crippen LogP contribution in [0.3, 0.4) is 0 Å². The minimum Gasteiger partial charge on any atom is -0.473 e. The largest absolute Gasteiger partial charge is 0.473 e. The van der Waals surface area contributed by atoms with Crippen molar-refractivity contribution in [2.45, 2.75) is 39.8 Å². The minimum atomic E-state index is 0.0753. The molecule has 0 fully saturated rings. The van der Waals surface area contributed by atoms with Crippen LogP contribution in [-0.4, -0.2) is 28.0 Å². The third-order valence-electron chi connectivity index (χ3n) is 1.48. The van der Waals surface area contributed by atoms with Crippen LogP contribution in [0.5, 0.6) is 0 Å². The molecule has 0 aliphatic heterocycles. The first kappa shape index (κ1) is 11.6. The second kappa shape index (κ2) is 5.44. The number of nitrogens with zero attached hydrogens (tertiary/aromatic N) is 3. The third kappa shape index (κ3) is 4.06. The van der Waals surface area contributed by atoms with Gasteiger partial charge in [-0.3, -0.25) is 0 Å². The Labute approximate surface area is 90.4 Å². The van der Waals surface area contributed by atoms with E-state index in [1.165, 1.54) is 0 Å². The Kier molecular flexibility index (Phi) is 4.21. The van der Waals surface area contributed by atoms with Crippen LogP contribution in [0.25, 0.3) is 0 Å². The van der Waals surface area contributed by atoms with Crippen molar-refractivity contribution in [1.82, 2.24) is 9.97 Å². The van der Waals surface area contributed by atoms with Crippen molar-refractivity contribution >= 4 is 5.90 Å². The quantitative estimate of drug-likeness (QED) is 0.563. The Balaban J connectivity index is 2.92. The lowest BCUT2D eigenvalue weighted by Crippen LogP contribution is -2.17. The number of aromatic nitrogens is 2. The first-order chi connectivity index (χ1) is 7.09. The summed E-state index contributed by atoms with van der Waals surface area (Å²) in [6.45, 7) is 7.90. The average Bonchev–Trinajstić information content (AvgIpc) is 2.17. The smallest absolute Gasteiger partial charge is 0.255 e. The van der Waals surface area contributed by atoms with Crippen molar-refractivity contribution in [1.29, 1.82) is 0 Å². The fourth-order valence-corrected chi connectivity index (χ4v) is 1.01. The standard InChI is InChI=1S/C11H17N3O/c1-8(2)14-11(15-9(3)4)10-12-6-5-7-13-10/h5-9H,1-4H3. The highest BCUT2D eigenvalue weighted by Crippen LogP contribution is 2.01. The maximum atomic E-state index is 5.57. The zero-order chi connectivity index (χ0) is 11.3. The first-order valence-corrected chi connectivity index (χ1v) is 5.11. The third-order valence-corrected chi connectivity index (χ3v) is 1.48. The molecule has 1 heterocycles. The van der Waals surface area contributed by atoms with Gasteiger partial charge in [0.25, 0.3) is 5.90 Å². The van der Waals surface area contributed by atoms with Gasteiger partial charge in [-0.1, -0.05) is 0 Å². The van der Waals surface area contributed by atoms with E-state index in [0.717, 1.165) is 0 Å². The average molecular weight is 207 g/mol. The Morgan fingerprint density at radius 3 is 2.27 bits per heavy atom. The molecule has 0 amide bonds. The molecule has 0 atom stereocenters. The highest BCUT2D eigenvalue weighted by atomic mass is 16.5. The molecule has 1 aromatic heterocycles. The maximum Gasteiger partial charge on any atom is 0.255 e. The summed E-state index contributed by atoms with van der Waals surface area (Å²) in [5, 5.41) is 0. The van der Waals surface area contributed by atoms with Gasteiger partial charge in [0.15, 0.2) is 0 Å². The van der Waals surface area contributed by atoms with Crippen LogP contribution in [0.1, 0.15) is 33.5 Å². The summed E-state index contributed by atoms with van der Waals surface area (Å²) in [5.41, 5.74) is 0. The fraction of sp³-hybridized carbons (Fsp3) is 0.545. The lowest BCUT2D eigenvalue weighted by molar-refractivity contribution is 0.226. The van der Waals surface area contributed by atoms with Gasteiger partial charge in [-0.25, -0.2) is 15.0 Å². The normalized spacial score (nSPS) is 12.3. The van der Waals surface area contributed by atoms with Crippen LogP contribution in [-0.2, 0) is 4.74 Å². The van der Waals surface area contributed by atoms with Crippen LogP contribution in [0.4, 0.5) is 0 Å². The van der Waals surface area contributed by atoms with Gasteiger partial charge in [-0.2, -0.15) is 0 Å². The van der Waals surface area contributed by atoms with Gasteiger partial charge < -0.3 is 4.74 Å². The monoisotopic (exact) mass is 207 g/mol. The van der Waals surface area contributed by atoms with E-state index in [-0.39, 0.29) is 12.1 Å². The Morgan fingerprint density at radius 1 is 1.20 bits per heavy atom. The molecule has 4 nitrogen and oxygen atoms in total. The van der Waals surface area contributed by atoms with Crippen molar-refractivity contribution in [3.63, 3.8) is 0 Å². The Morgan fingerprint density at radius 2 is 1.80 bits per heavy atom. The predicted octanol–water partition coefficient (Wildman–Crippen LogP) is 2.06. The van der Waals surface area contributed by atoms with Gasteiger partial charge in [0.1, 0.15) is 0 Å². The van der Waals surface area contributed by atoms with Gasteiger partial charge in [-0.05, 0) is 33.8 Å².